The zero-order chi connectivity index (χ0) is 15.5. The molecule has 2 aromatic carbocycles. The van der Waals surface area contributed by atoms with E-state index in [2.05, 4.69) is 10.5 Å². The van der Waals surface area contributed by atoms with Crippen LogP contribution in [0.4, 0.5) is 0 Å². The van der Waals surface area contributed by atoms with Crippen LogP contribution in [0.15, 0.2) is 53.6 Å². The first-order valence-electron chi connectivity index (χ1n) is 6.93. The van der Waals surface area contributed by atoms with Gasteiger partial charge in [-0.1, -0.05) is 35.9 Å². The van der Waals surface area contributed by atoms with Gasteiger partial charge in [0, 0.05) is 11.4 Å². The van der Waals surface area contributed by atoms with E-state index in [-0.39, 0.29) is 11.8 Å². The predicted octanol–water partition coefficient (Wildman–Crippen LogP) is 3.36. The Kier molecular flexibility index (Phi) is 4.11. The number of halogens is 1. The normalized spacial score (nSPS) is 17.6. The number of methoxy groups -OCH3 is 1. The molecule has 1 amide bonds. The van der Waals surface area contributed by atoms with Crippen LogP contribution in [0.2, 0.25) is 5.02 Å². The van der Waals surface area contributed by atoms with Crippen LogP contribution in [0.1, 0.15) is 23.5 Å². The zero-order valence-electron chi connectivity index (χ0n) is 12.0. The van der Waals surface area contributed by atoms with Crippen LogP contribution in [0.5, 0.6) is 5.75 Å². The molecule has 0 saturated heterocycles. The lowest BCUT2D eigenvalue weighted by atomic mass is 9.89. The van der Waals surface area contributed by atoms with E-state index in [1.807, 2.05) is 48.5 Å². The van der Waals surface area contributed by atoms with Crippen molar-refractivity contribution in [2.45, 2.75) is 12.3 Å². The largest absolute Gasteiger partial charge is 0.497 e. The molecule has 1 N–H and O–H groups in total. The van der Waals surface area contributed by atoms with Crippen LogP contribution in [0, 0.1) is 0 Å². The summed E-state index contributed by atoms with van der Waals surface area (Å²) in [5.41, 5.74) is 5.36. The minimum atomic E-state index is -0.255. The summed E-state index contributed by atoms with van der Waals surface area (Å²) in [6.07, 6.45) is 0.555. The third-order valence-electron chi connectivity index (χ3n) is 3.71. The highest BCUT2D eigenvalue weighted by Crippen LogP contribution is 2.27. The molecule has 4 nitrogen and oxygen atoms in total. The second-order valence-corrected chi connectivity index (χ2v) is 5.51. The molecular formula is C17H15ClN2O2. The van der Waals surface area contributed by atoms with Crippen molar-refractivity contribution >= 4 is 23.2 Å². The molecule has 1 aliphatic rings. The number of carbonyl (C=O) groups excluding carboxylic acids is 1. The molecule has 0 radical (unpaired) electrons. The van der Waals surface area contributed by atoms with Crippen molar-refractivity contribution in [3.8, 4) is 5.75 Å². The molecule has 2 aromatic rings. The van der Waals surface area contributed by atoms with E-state index in [9.17, 15) is 4.79 Å². The maximum absolute atomic E-state index is 12.1. The first kappa shape index (κ1) is 14.6. The second kappa shape index (κ2) is 6.20. The fourth-order valence-electron chi connectivity index (χ4n) is 2.46. The molecule has 0 aromatic heterocycles. The zero-order valence-corrected chi connectivity index (χ0v) is 12.8. The van der Waals surface area contributed by atoms with Crippen molar-refractivity contribution in [1.29, 1.82) is 0 Å². The number of hydrogen-bond donors (Lipinski definition) is 1. The van der Waals surface area contributed by atoms with E-state index < -0.39 is 0 Å². The Morgan fingerprint density at radius 1 is 1.14 bits per heavy atom. The summed E-state index contributed by atoms with van der Waals surface area (Å²) in [6, 6.07) is 15.0. The fraction of sp³-hybridized carbons (Fsp3) is 0.176. The summed E-state index contributed by atoms with van der Waals surface area (Å²) in [7, 11) is 1.62. The number of benzene rings is 2. The van der Waals surface area contributed by atoms with Crippen molar-refractivity contribution in [3.63, 3.8) is 0 Å². The summed E-state index contributed by atoms with van der Waals surface area (Å²) < 4.78 is 5.15. The lowest BCUT2D eigenvalue weighted by Crippen LogP contribution is -2.33. The SMILES string of the molecule is COc1ccc(C2CC(c3ccc(Cl)cc3)=NNC2=O)cc1. The van der Waals surface area contributed by atoms with Crippen molar-refractivity contribution in [2.24, 2.45) is 5.10 Å². The topological polar surface area (TPSA) is 50.7 Å². The molecule has 0 bridgehead atoms. The van der Waals surface area contributed by atoms with Gasteiger partial charge in [-0.05, 0) is 35.4 Å². The summed E-state index contributed by atoms with van der Waals surface area (Å²) in [4.78, 5) is 12.1. The Morgan fingerprint density at radius 2 is 1.82 bits per heavy atom. The van der Waals surface area contributed by atoms with Crippen LogP contribution in [-0.4, -0.2) is 18.7 Å². The first-order chi connectivity index (χ1) is 10.7. The summed E-state index contributed by atoms with van der Waals surface area (Å²) in [6.45, 7) is 0. The van der Waals surface area contributed by atoms with Crippen LogP contribution in [0.3, 0.4) is 0 Å². The van der Waals surface area contributed by atoms with Gasteiger partial charge in [0.25, 0.3) is 0 Å². The molecule has 5 heteroatoms. The monoisotopic (exact) mass is 314 g/mol. The Bertz CT molecular complexity index is 708. The Labute approximate surface area is 133 Å². The van der Waals surface area contributed by atoms with Crippen molar-refractivity contribution in [2.75, 3.05) is 7.11 Å². The van der Waals surface area contributed by atoms with Gasteiger partial charge in [0.05, 0.1) is 18.7 Å². The number of nitrogens with one attached hydrogen (secondary N) is 1. The number of ether oxygens (including phenoxy) is 1. The third-order valence-corrected chi connectivity index (χ3v) is 3.96. The summed E-state index contributed by atoms with van der Waals surface area (Å²) in [5, 5.41) is 4.85. The number of hydrazone groups is 1. The average Bonchev–Trinajstić information content (AvgIpc) is 2.56. The number of amides is 1. The third kappa shape index (κ3) is 2.97. The smallest absolute Gasteiger partial charge is 0.248 e. The second-order valence-electron chi connectivity index (χ2n) is 5.07. The fourth-order valence-corrected chi connectivity index (χ4v) is 2.59. The highest BCUT2D eigenvalue weighted by Gasteiger charge is 2.27. The van der Waals surface area contributed by atoms with Crippen molar-refractivity contribution in [3.05, 3.63) is 64.7 Å². The van der Waals surface area contributed by atoms with Crippen molar-refractivity contribution in [1.82, 2.24) is 5.43 Å². The van der Waals surface area contributed by atoms with E-state index in [4.69, 9.17) is 16.3 Å². The number of carbonyl (C=O) groups is 1. The average molecular weight is 315 g/mol. The number of rotatable bonds is 3. The lowest BCUT2D eigenvalue weighted by Gasteiger charge is -2.22. The molecule has 0 spiro atoms. The molecule has 0 saturated carbocycles. The molecule has 112 valence electrons. The van der Waals surface area contributed by atoms with Gasteiger partial charge in [-0.3, -0.25) is 4.79 Å². The van der Waals surface area contributed by atoms with Gasteiger partial charge in [0.15, 0.2) is 0 Å². The van der Waals surface area contributed by atoms with Gasteiger partial charge in [0.2, 0.25) is 5.91 Å². The Morgan fingerprint density at radius 3 is 2.45 bits per heavy atom. The minimum Gasteiger partial charge on any atom is -0.497 e. The molecule has 1 heterocycles. The molecule has 3 rings (SSSR count). The van der Waals surface area contributed by atoms with Gasteiger partial charge in [0.1, 0.15) is 5.75 Å². The number of hydrogen-bond acceptors (Lipinski definition) is 3. The van der Waals surface area contributed by atoms with E-state index in [0.717, 1.165) is 22.6 Å². The van der Waals surface area contributed by atoms with E-state index in [1.54, 1.807) is 7.11 Å². The molecule has 1 unspecified atom stereocenters. The standard InChI is InChI=1S/C17H15ClN2O2/c1-22-14-8-4-11(5-9-14)15-10-16(19-20-17(15)21)12-2-6-13(18)7-3-12/h2-9,15H,10H2,1H3,(H,20,21). The van der Waals surface area contributed by atoms with Crippen molar-refractivity contribution < 1.29 is 9.53 Å². The molecule has 0 fully saturated rings. The van der Waals surface area contributed by atoms with Gasteiger partial charge < -0.3 is 4.74 Å². The molecule has 0 aliphatic carbocycles. The molecule has 22 heavy (non-hydrogen) atoms. The van der Waals surface area contributed by atoms with Crippen LogP contribution in [0.25, 0.3) is 0 Å². The van der Waals surface area contributed by atoms with Gasteiger partial charge in [-0.2, -0.15) is 5.10 Å². The quantitative estimate of drug-likeness (QED) is 0.944. The highest BCUT2D eigenvalue weighted by atomic mass is 35.5. The van der Waals surface area contributed by atoms with E-state index in [0.29, 0.717) is 11.4 Å². The van der Waals surface area contributed by atoms with E-state index >= 15 is 0 Å². The Hall–Kier alpha value is -2.33. The molecule has 1 atom stereocenters. The molecule has 1 aliphatic heterocycles. The highest BCUT2D eigenvalue weighted by molar-refractivity contribution is 6.30. The summed E-state index contributed by atoms with van der Waals surface area (Å²) >= 11 is 5.91. The Balaban J connectivity index is 1.85. The van der Waals surface area contributed by atoms with Crippen LogP contribution >= 0.6 is 11.6 Å². The lowest BCUT2D eigenvalue weighted by molar-refractivity contribution is -0.122. The van der Waals surface area contributed by atoms with Gasteiger partial charge >= 0.3 is 0 Å². The minimum absolute atomic E-state index is 0.0946. The predicted molar refractivity (Wildman–Crippen MR) is 86.5 cm³/mol. The first-order valence-corrected chi connectivity index (χ1v) is 7.31. The van der Waals surface area contributed by atoms with Gasteiger partial charge in [-0.25, -0.2) is 5.43 Å². The van der Waals surface area contributed by atoms with Crippen LogP contribution in [-0.2, 0) is 4.79 Å². The maximum atomic E-state index is 12.1. The number of nitrogens with zero attached hydrogens (tertiary/aromatic N) is 1. The maximum Gasteiger partial charge on any atom is 0.248 e. The van der Waals surface area contributed by atoms with Gasteiger partial charge in [-0.15, -0.1) is 0 Å². The van der Waals surface area contributed by atoms with E-state index in [1.165, 1.54) is 0 Å². The molecular weight excluding hydrogens is 300 g/mol. The summed E-state index contributed by atoms with van der Waals surface area (Å²) in [5.74, 6) is 0.420. The van der Waals surface area contributed by atoms with Crippen LogP contribution < -0.4 is 10.2 Å².